The summed E-state index contributed by atoms with van der Waals surface area (Å²) in [5.74, 6) is 1.74. The van der Waals surface area contributed by atoms with E-state index in [4.69, 9.17) is 9.47 Å². The topological polar surface area (TPSA) is 52.6 Å². The molecule has 2 bridgehead atoms. The Labute approximate surface area is 119 Å². The number of esters is 2. The van der Waals surface area contributed by atoms with Crippen molar-refractivity contribution in [3.63, 3.8) is 0 Å². The highest BCUT2D eigenvalue weighted by Crippen LogP contribution is 2.55. The van der Waals surface area contributed by atoms with E-state index in [9.17, 15) is 9.59 Å². The third-order valence-electron chi connectivity index (χ3n) is 6.15. The predicted molar refractivity (Wildman–Crippen MR) is 70.6 cm³/mol. The fourth-order valence-corrected chi connectivity index (χ4v) is 5.00. The summed E-state index contributed by atoms with van der Waals surface area (Å²) in [6.07, 6.45) is 5.70. The second-order valence-corrected chi connectivity index (χ2v) is 7.23. The van der Waals surface area contributed by atoms with Crippen molar-refractivity contribution in [2.24, 2.45) is 29.6 Å². The zero-order valence-electron chi connectivity index (χ0n) is 11.9. The molecule has 0 aromatic heterocycles. The van der Waals surface area contributed by atoms with Crippen LogP contribution in [-0.2, 0) is 19.1 Å². The summed E-state index contributed by atoms with van der Waals surface area (Å²) >= 11 is 0. The van der Waals surface area contributed by atoms with Crippen LogP contribution in [0.3, 0.4) is 0 Å². The third kappa shape index (κ3) is 1.80. The maximum Gasteiger partial charge on any atom is 0.309 e. The Morgan fingerprint density at radius 2 is 2.20 bits per heavy atom. The first-order valence-corrected chi connectivity index (χ1v) is 8.03. The van der Waals surface area contributed by atoms with Crippen molar-refractivity contribution in [1.82, 2.24) is 0 Å². The zero-order valence-corrected chi connectivity index (χ0v) is 11.9. The lowest BCUT2D eigenvalue weighted by Gasteiger charge is -2.26. The van der Waals surface area contributed by atoms with Crippen molar-refractivity contribution in [3.05, 3.63) is 0 Å². The maximum atomic E-state index is 12.2. The van der Waals surface area contributed by atoms with Crippen molar-refractivity contribution < 1.29 is 19.1 Å². The van der Waals surface area contributed by atoms with Gasteiger partial charge in [0.2, 0.25) is 0 Å². The number of ether oxygens (including phenoxy) is 2. The largest absolute Gasteiger partial charge is 0.458 e. The molecular weight excluding hydrogens is 256 g/mol. The van der Waals surface area contributed by atoms with Crippen LogP contribution in [0.2, 0.25) is 0 Å². The number of rotatable bonds is 3. The van der Waals surface area contributed by atoms with Gasteiger partial charge in [0.15, 0.2) is 0 Å². The third-order valence-corrected chi connectivity index (χ3v) is 6.15. The Morgan fingerprint density at radius 3 is 2.95 bits per heavy atom. The SMILES string of the molecule is CC1CCCC1CC(=O)OC1C2CC3C(=O)OC1C3C2. The number of carbonyl (C=O) groups excluding carboxylic acids is 2. The normalized spacial score (nSPS) is 48.6. The van der Waals surface area contributed by atoms with Crippen molar-refractivity contribution in [1.29, 1.82) is 0 Å². The predicted octanol–water partition coefficient (Wildman–Crippen LogP) is 2.31. The summed E-state index contributed by atoms with van der Waals surface area (Å²) in [5.41, 5.74) is 0. The van der Waals surface area contributed by atoms with Gasteiger partial charge in [0.1, 0.15) is 12.2 Å². The van der Waals surface area contributed by atoms with E-state index in [2.05, 4.69) is 6.92 Å². The van der Waals surface area contributed by atoms with E-state index < -0.39 is 0 Å². The molecule has 20 heavy (non-hydrogen) atoms. The van der Waals surface area contributed by atoms with E-state index in [1.54, 1.807) is 0 Å². The van der Waals surface area contributed by atoms with Crippen molar-refractivity contribution in [2.45, 2.75) is 57.7 Å². The smallest absolute Gasteiger partial charge is 0.309 e. The molecule has 4 rings (SSSR count). The molecular formula is C16H22O4. The van der Waals surface area contributed by atoms with Crippen LogP contribution in [0, 0.1) is 29.6 Å². The first kappa shape index (κ1) is 12.7. The van der Waals surface area contributed by atoms with Crippen LogP contribution < -0.4 is 0 Å². The molecule has 4 heteroatoms. The zero-order chi connectivity index (χ0) is 13.9. The first-order valence-electron chi connectivity index (χ1n) is 8.03. The molecule has 4 nitrogen and oxygen atoms in total. The summed E-state index contributed by atoms with van der Waals surface area (Å²) in [6, 6.07) is 0. The molecule has 0 spiro atoms. The molecule has 0 aromatic carbocycles. The Kier molecular flexibility index (Phi) is 2.83. The van der Waals surface area contributed by atoms with Gasteiger partial charge in [0.05, 0.1) is 5.92 Å². The van der Waals surface area contributed by atoms with Crippen molar-refractivity contribution in [3.8, 4) is 0 Å². The number of carbonyl (C=O) groups is 2. The van der Waals surface area contributed by atoms with Gasteiger partial charge < -0.3 is 9.47 Å². The maximum absolute atomic E-state index is 12.2. The van der Waals surface area contributed by atoms with Gasteiger partial charge in [-0.15, -0.1) is 0 Å². The van der Waals surface area contributed by atoms with Gasteiger partial charge in [-0.2, -0.15) is 0 Å². The molecule has 110 valence electrons. The summed E-state index contributed by atoms with van der Waals surface area (Å²) in [5, 5.41) is 0. The van der Waals surface area contributed by atoms with Crippen molar-refractivity contribution in [2.75, 3.05) is 0 Å². The highest BCUT2D eigenvalue weighted by molar-refractivity contribution is 5.77. The fourth-order valence-electron chi connectivity index (χ4n) is 5.00. The lowest BCUT2D eigenvalue weighted by atomic mass is 9.88. The molecule has 0 N–H and O–H groups in total. The summed E-state index contributed by atoms with van der Waals surface area (Å²) < 4.78 is 11.1. The van der Waals surface area contributed by atoms with Gasteiger partial charge in [-0.05, 0) is 31.1 Å². The molecule has 0 radical (unpaired) electrons. The van der Waals surface area contributed by atoms with E-state index in [0.717, 1.165) is 19.3 Å². The van der Waals surface area contributed by atoms with E-state index in [-0.39, 0.29) is 30.1 Å². The minimum Gasteiger partial charge on any atom is -0.458 e. The number of fused-ring (bicyclic) bond motifs is 1. The average molecular weight is 278 g/mol. The molecule has 1 heterocycles. The van der Waals surface area contributed by atoms with Crippen molar-refractivity contribution >= 4 is 11.9 Å². The van der Waals surface area contributed by atoms with Crippen LogP contribution in [0.15, 0.2) is 0 Å². The second-order valence-electron chi connectivity index (χ2n) is 7.23. The second kappa shape index (κ2) is 4.47. The van der Waals surface area contributed by atoms with Crippen LogP contribution in [0.5, 0.6) is 0 Å². The van der Waals surface area contributed by atoms with E-state index >= 15 is 0 Å². The molecule has 1 saturated heterocycles. The van der Waals surface area contributed by atoms with E-state index in [1.807, 2.05) is 0 Å². The molecule has 7 unspecified atom stereocenters. The van der Waals surface area contributed by atoms with Crippen LogP contribution in [0.4, 0.5) is 0 Å². The molecule has 3 saturated carbocycles. The lowest BCUT2D eigenvalue weighted by Crippen LogP contribution is -2.36. The molecule has 1 aliphatic heterocycles. The summed E-state index contributed by atoms with van der Waals surface area (Å²) in [6.45, 7) is 2.23. The Morgan fingerprint density at radius 1 is 1.35 bits per heavy atom. The van der Waals surface area contributed by atoms with E-state index in [1.165, 1.54) is 12.8 Å². The molecule has 7 atom stereocenters. The highest BCUT2D eigenvalue weighted by Gasteiger charge is 2.63. The molecule has 4 fully saturated rings. The van der Waals surface area contributed by atoms with Gasteiger partial charge in [-0.1, -0.05) is 19.8 Å². The van der Waals surface area contributed by atoms with Gasteiger partial charge >= 0.3 is 11.9 Å². The van der Waals surface area contributed by atoms with Gasteiger partial charge in [0.25, 0.3) is 0 Å². The first-order chi connectivity index (χ1) is 9.63. The quantitative estimate of drug-likeness (QED) is 0.743. The van der Waals surface area contributed by atoms with E-state index in [0.29, 0.717) is 30.1 Å². The molecule has 4 aliphatic rings. The Bertz CT molecular complexity index is 446. The van der Waals surface area contributed by atoms with Gasteiger partial charge in [-0.25, -0.2) is 0 Å². The summed E-state index contributed by atoms with van der Waals surface area (Å²) in [7, 11) is 0. The number of hydrogen-bond donors (Lipinski definition) is 0. The lowest BCUT2D eigenvalue weighted by molar-refractivity contribution is -0.162. The number of hydrogen-bond acceptors (Lipinski definition) is 4. The van der Waals surface area contributed by atoms with Crippen LogP contribution >= 0.6 is 0 Å². The molecule has 0 amide bonds. The minimum absolute atomic E-state index is 0.0644. The van der Waals surface area contributed by atoms with Crippen LogP contribution in [-0.4, -0.2) is 24.1 Å². The van der Waals surface area contributed by atoms with Crippen LogP contribution in [0.25, 0.3) is 0 Å². The van der Waals surface area contributed by atoms with Crippen LogP contribution in [0.1, 0.15) is 45.4 Å². The molecule has 0 aromatic rings. The fraction of sp³-hybridized carbons (Fsp3) is 0.875. The standard InChI is InChI=1S/C16H22O4/c1-8-3-2-4-9(8)7-13(17)19-14-10-5-11-12(6-10)16(18)20-15(11)14/h8-12,14-15H,2-7H2,1H3. The Balaban J connectivity index is 1.38. The van der Waals surface area contributed by atoms with Gasteiger partial charge in [-0.3, -0.25) is 9.59 Å². The highest BCUT2D eigenvalue weighted by atomic mass is 16.6. The van der Waals surface area contributed by atoms with Gasteiger partial charge in [0, 0.05) is 18.3 Å². The summed E-state index contributed by atoms with van der Waals surface area (Å²) in [4.78, 5) is 23.9. The minimum atomic E-state index is -0.160. The Hall–Kier alpha value is -1.06. The monoisotopic (exact) mass is 278 g/mol. The average Bonchev–Trinajstić information content (AvgIpc) is 3.10. The molecule has 3 aliphatic carbocycles.